The Balaban J connectivity index is 2.04. The summed E-state index contributed by atoms with van der Waals surface area (Å²) >= 11 is 2.99. The number of carbonyl (C=O) groups excluding carboxylic acids is 1. The molecule has 2 aromatic rings. The van der Waals surface area contributed by atoms with Gasteiger partial charge in [-0.3, -0.25) is 10.1 Å². The quantitative estimate of drug-likeness (QED) is 0.652. The minimum absolute atomic E-state index is 0.249. The van der Waals surface area contributed by atoms with Gasteiger partial charge in [0, 0.05) is 12.4 Å². The first kappa shape index (κ1) is 15.9. The van der Waals surface area contributed by atoms with Crippen LogP contribution in [0.15, 0.2) is 34.7 Å². The first-order valence-electron chi connectivity index (χ1n) is 6.49. The number of anilines is 1. The number of nitrogens with zero attached hydrogens (tertiary/aromatic N) is 2. The number of aromatic nitrogens is 2. The van der Waals surface area contributed by atoms with Crippen molar-refractivity contribution in [3.05, 3.63) is 35.9 Å². The topological polar surface area (TPSA) is 64.1 Å². The molecule has 1 aromatic heterocycles. The Hall–Kier alpha value is -1.44. The van der Waals surface area contributed by atoms with Crippen LogP contribution in [0.3, 0.4) is 0 Å². The first-order valence-corrected chi connectivity index (χ1v) is 8.18. The van der Waals surface area contributed by atoms with Gasteiger partial charge in [-0.15, -0.1) is 10.2 Å². The molecule has 0 aliphatic rings. The van der Waals surface area contributed by atoms with Crippen molar-refractivity contribution in [3.63, 3.8) is 0 Å². The van der Waals surface area contributed by atoms with Gasteiger partial charge in [-0.25, -0.2) is 0 Å². The molecular weight excluding hydrogens is 306 g/mol. The molecule has 1 N–H and O–H groups in total. The van der Waals surface area contributed by atoms with E-state index in [1.807, 2.05) is 30.3 Å². The molecule has 0 fully saturated rings. The Bertz CT molecular complexity index is 587. The number of hydrogen-bond acceptors (Lipinski definition) is 6. The number of methoxy groups -OCH3 is 1. The van der Waals surface area contributed by atoms with Crippen LogP contribution in [0.25, 0.3) is 0 Å². The molecule has 112 valence electrons. The van der Waals surface area contributed by atoms with E-state index >= 15 is 0 Å². The number of thioether (sulfide) groups is 1. The van der Waals surface area contributed by atoms with Gasteiger partial charge in [0.2, 0.25) is 5.13 Å². The summed E-state index contributed by atoms with van der Waals surface area (Å²) in [6, 6.07) is 9.35. The van der Waals surface area contributed by atoms with Crippen LogP contribution in [0.2, 0.25) is 0 Å². The second-order valence-corrected chi connectivity index (χ2v) is 7.36. The highest BCUT2D eigenvalue weighted by molar-refractivity contribution is 8.01. The van der Waals surface area contributed by atoms with E-state index in [1.54, 1.807) is 11.8 Å². The Labute approximate surface area is 132 Å². The number of amides is 1. The Kier molecular flexibility index (Phi) is 5.72. The number of hydrogen-bond donors (Lipinski definition) is 1. The normalized spacial score (nSPS) is 12.4. The molecule has 0 aliphatic heterocycles. The lowest BCUT2D eigenvalue weighted by Crippen LogP contribution is -2.22. The smallest absolute Gasteiger partial charge is 0.259 e. The van der Waals surface area contributed by atoms with E-state index in [0.29, 0.717) is 10.4 Å². The summed E-state index contributed by atoms with van der Waals surface area (Å²) in [4.78, 5) is 12.3. The zero-order chi connectivity index (χ0) is 15.2. The molecule has 0 spiro atoms. The van der Waals surface area contributed by atoms with Gasteiger partial charge < -0.3 is 4.74 Å². The van der Waals surface area contributed by atoms with Gasteiger partial charge in [-0.05, 0) is 5.56 Å². The lowest BCUT2D eigenvalue weighted by Gasteiger charge is -2.14. The highest BCUT2D eigenvalue weighted by atomic mass is 32.2. The van der Waals surface area contributed by atoms with Crippen LogP contribution in [0.5, 0.6) is 0 Å². The van der Waals surface area contributed by atoms with Crippen molar-refractivity contribution in [1.29, 1.82) is 0 Å². The van der Waals surface area contributed by atoms with Crippen molar-refractivity contribution in [2.75, 3.05) is 12.4 Å². The monoisotopic (exact) mass is 323 g/mol. The molecule has 0 saturated heterocycles. The highest BCUT2D eigenvalue weighted by Crippen LogP contribution is 2.29. The van der Waals surface area contributed by atoms with E-state index < -0.39 is 6.10 Å². The van der Waals surface area contributed by atoms with Crippen LogP contribution < -0.4 is 5.32 Å². The lowest BCUT2D eigenvalue weighted by atomic mass is 10.1. The SMILES string of the molecule is CO[C@@H](C(=O)Nc1nnc(SC(C)C)s1)c1ccccc1. The zero-order valence-corrected chi connectivity index (χ0v) is 13.7. The second-order valence-electron chi connectivity index (χ2n) is 4.56. The number of benzene rings is 1. The largest absolute Gasteiger partial charge is 0.367 e. The molecule has 21 heavy (non-hydrogen) atoms. The van der Waals surface area contributed by atoms with Gasteiger partial charge >= 0.3 is 0 Å². The fraction of sp³-hybridized carbons (Fsp3) is 0.357. The average Bonchev–Trinajstić information content (AvgIpc) is 2.87. The molecule has 1 atom stereocenters. The summed E-state index contributed by atoms with van der Waals surface area (Å²) in [5.74, 6) is -0.249. The Morgan fingerprint density at radius 2 is 2.00 bits per heavy atom. The van der Waals surface area contributed by atoms with Crippen LogP contribution in [0, 0.1) is 0 Å². The molecule has 0 saturated carbocycles. The van der Waals surface area contributed by atoms with Gasteiger partial charge in [-0.2, -0.15) is 0 Å². The van der Waals surface area contributed by atoms with Crippen LogP contribution in [-0.4, -0.2) is 28.5 Å². The van der Waals surface area contributed by atoms with Crippen molar-refractivity contribution >= 4 is 34.1 Å². The predicted octanol–water partition coefficient (Wildman–Crippen LogP) is 3.36. The summed E-state index contributed by atoms with van der Waals surface area (Å²) in [6.45, 7) is 4.17. The van der Waals surface area contributed by atoms with E-state index in [4.69, 9.17) is 4.74 Å². The van der Waals surface area contributed by atoms with E-state index in [0.717, 1.165) is 9.90 Å². The summed E-state index contributed by atoms with van der Waals surface area (Å²) in [7, 11) is 1.51. The van der Waals surface area contributed by atoms with Crippen molar-refractivity contribution in [2.24, 2.45) is 0 Å². The van der Waals surface area contributed by atoms with Crippen LogP contribution in [-0.2, 0) is 9.53 Å². The van der Waals surface area contributed by atoms with Crippen LogP contribution in [0.4, 0.5) is 5.13 Å². The van der Waals surface area contributed by atoms with Crippen molar-refractivity contribution in [1.82, 2.24) is 10.2 Å². The third kappa shape index (κ3) is 4.52. The molecular formula is C14H17N3O2S2. The van der Waals surface area contributed by atoms with Crippen LogP contribution >= 0.6 is 23.1 Å². The maximum atomic E-state index is 12.3. The molecule has 1 amide bonds. The van der Waals surface area contributed by atoms with Crippen molar-refractivity contribution < 1.29 is 9.53 Å². The molecule has 0 radical (unpaired) electrons. The minimum atomic E-state index is -0.656. The summed E-state index contributed by atoms with van der Waals surface area (Å²) in [5, 5.41) is 11.7. The van der Waals surface area contributed by atoms with E-state index in [1.165, 1.54) is 18.4 Å². The van der Waals surface area contributed by atoms with Gasteiger partial charge in [0.15, 0.2) is 10.4 Å². The van der Waals surface area contributed by atoms with Crippen molar-refractivity contribution in [3.8, 4) is 0 Å². The first-order chi connectivity index (χ1) is 10.1. The Morgan fingerprint density at radius 3 is 2.62 bits per heavy atom. The molecule has 0 unspecified atom stereocenters. The number of ether oxygens (including phenoxy) is 1. The molecule has 1 aromatic carbocycles. The zero-order valence-electron chi connectivity index (χ0n) is 12.1. The van der Waals surface area contributed by atoms with Crippen molar-refractivity contribution in [2.45, 2.75) is 29.5 Å². The molecule has 1 heterocycles. The highest BCUT2D eigenvalue weighted by Gasteiger charge is 2.21. The molecule has 7 heteroatoms. The fourth-order valence-corrected chi connectivity index (χ4v) is 3.68. The fourth-order valence-electron chi connectivity index (χ4n) is 1.70. The molecule has 5 nitrogen and oxygen atoms in total. The van der Waals surface area contributed by atoms with E-state index in [2.05, 4.69) is 29.4 Å². The lowest BCUT2D eigenvalue weighted by molar-refractivity contribution is -0.126. The molecule has 0 aliphatic carbocycles. The summed E-state index contributed by atoms with van der Waals surface area (Å²) in [6.07, 6.45) is -0.656. The van der Waals surface area contributed by atoms with Crippen LogP contribution in [0.1, 0.15) is 25.5 Å². The number of rotatable bonds is 6. The summed E-state index contributed by atoms with van der Waals surface area (Å²) in [5.41, 5.74) is 0.804. The second kappa shape index (κ2) is 7.53. The van der Waals surface area contributed by atoms with Gasteiger partial charge in [0.1, 0.15) is 0 Å². The molecule has 2 rings (SSSR count). The molecule has 0 bridgehead atoms. The minimum Gasteiger partial charge on any atom is -0.367 e. The maximum Gasteiger partial charge on any atom is 0.259 e. The summed E-state index contributed by atoms with van der Waals surface area (Å²) < 4.78 is 6.12. The third-order valence-electron chi connectivity index (χ3n) is 2.55. The van der Waals surface area contributed by atoms with E-state index in [-0.39, 0.29) is 5.91 Å². The number of carbonyl (C=O) groups is 1. The maximum absolute atomic E-state index is 12.3. The number of nitrogens with one attached hydrogen (secondary N) is 1. The standard InChI is InChI=1S/C14H17N3O2S2/c1-9(2)20-14-17-16-13(21-14)15-12(18)11(19-3)10-7-5-4-6-8-10/h4-9,11H,1-3H3,(H,15,16,18)/t11-/m1/s1. The van der Waals surface area contributed by atoms with Gasteiger partial charge in [0.05, 0.1) is 0 Å². The van der Waals surface area contributed by atoms with E-state index in [9.17, 15) is 4.79 Å². The third-order valence-corrected chi connectivity index (χ3v) is 4.48. The predicted molar refractivity (Wildman–Crippen MR) is 85.7 cm³/mol. The average molecular weight is 323 g/mol. The Morgan fingerprint density at radius 1 is 1.29 bits per heavy atom. The van der Waals surface area contributed by atoms with Gasteiger partial charge in [-0.1, -0.05) is 67.3 Å². The van der Waals surface area contributed by atoms with Gasteiger partial charge in [0.25, 0.3) is 5.91 Å².